The first-order valence-corrected chi connectivity index (χ1v) is 10.1. The summed E-state index contributed by atoms with van der Waals surface area (Å²) in [4.78, 5) is 33.3. The first kappa shape index (κ1) is 20.9. The van der Waals surface area contributed by atoms with E-state index in [1.165, 1.54) is 31.1 Å². The fourth-order valence-electron chi connectivity index (χ4n) is 2.57. The zero-order valence-corrected chi connectivity index (χ0v) is 17.5. The smallest absolute Gasteiger partial charge is 0.244 e. The molecule has 0 spiro atoms. The highest BCUT2D eigenvalue weighted by Crippen LogP contribution is 2.20. The van der Waals surface area contributed by atoms with Gasteiger partial charge in [0.2, 0.25) is 11.3 Å². The van der Waals surface area contributed by atoms with E-state index < -0.39 is 0 Å². The Morgan fingerprint density at radius 2 is 2.14 bits per heavy atom. The zero-order chi connectivity index (χ0) is 20.8. The zero-order valence-electron chi connectivity index (χ0n) is 15.9. The number of hydrogen-bond acceptors (Lipinski definition) is 6. The molecule has 0 bridgehead atoms. The minimum absolute atomic E-state index is 0.00766. The SMILES string of the molecule is COc1cn(CC(=O)Nc2cccc(Cl)c2)c(CSc2nccc(C)n2)cc1=O. The quantitative estimate of drug-likeness (QED) is 0.455. The van der Waals surface area contributed by atoms with Crippen LogP contribution in [0, 0.1) is 6.92 Å². The fourth-order valence-corrected chi connectivity index (χ4v) is 3.63. The molecule has 3 aromatic rings. The molecule has 150 valence electrons. The van der Waals surface area contributed by atoms with Crippen LogP contribution >= 0.6 is 23.4 Å². The molecule has 0 aliphatic carbocycles. The third-order valence-corrected chi connectivity index (χ3v) is 5.08. The van der Waals surface area contributed by atoms with Gasteiger partial charge in [0, 0.05) is 40.1 Å². The van der Waals surface area contributed by atoms with Crippen LogP contribution in [0.15, 0.2) is 58.7 Å². The largest absolute Gasteiger partial charge is 0.491 e. The van der Waals surface area contributed by atoms with Crippen LogP contribution in [0.25, 0.3) is 0 Å². The Bertz CT molecular complexity index is 1090. The molecular weight excluding hydrogens is 412 g/mol. The van der Waals surface area contributed by atoms with Crippen LogP contribution in [0.4, 0.5) is 5.69 Å². The van der Waals surface area contributed by atoms with Crippen molar-refractivity contribution in [1.29, 1.82) is 0 Å². The summed E-state index contributed by atoms with van der Waals surface area (Å²) in [5.74, 6) is 0.338. The molecule has 7 nitrogen and oxygen atoms in total. The fraction of sp³-hybridized carbons (Fsp3) is 0.200. The number of nitrogens with zero attached hydrogens (tertiary/aromatic N) is 3. The molecule has 3 rings (SSSR count). The van der Waals surface area contributed by atoms with E-state index in [9.17, 15) is 9.59 Å². The van der Waals surface area contributed by atoms with Gasteiger partial charge >= 0.3 is 0 Å². The van der Waals surface area contributed by atoms with Crippen molar-refractivity contribution in [2.45, 2.75) is 24.4 Å². The van der Waals surface area contributed by atoms with E-state index in [-0.39, 0.29) is 23.6 Å². The lowest BCUT2D eigenvalue weighted by Crippen LogP contribution is -2.22. The van der Waals surface area contributed by atoms with Crippen molar-refractivity contribution in [3.05, 3.63) is 75.4 Å². The second-order valence-electron chi connectivity index (χ2n) is 6.15. The van der Waals surface area contributed by atoms with Crippen molar-refractivity contribution in [3.63, 3.8) is 0 Å². The number of benzene rings is 1. The van der Waals surface area contributed by atoms with Crippen LogP contribution in [-0.2, 0) is 17.1 Å². The lowest BCUT2D eigenvalue weighted by molar-refractivity contribution is -0.116. The maximum Gasteiger partial charge on any atom is 0.244 e. The standard InChI is InChI=1S/C20H19ClN4O3S/c1-13-6-7-22-20(23-13)29-12-16-9-17(26)18(28-2)10-25(16)11-19(27)24-15-5-3-4-14(21)8-15/h3-10H,11-12H2,1-2H3,(H,24,27). The summed E-state index contributed by atoms with van der Waals surface area (Å²) in [5, 5.41) is 3.93. The number of anilines is 1. The normalized spacial score (nSPS) is 10.6. The van der Waals surface area contributed by atoms with Crippen LogP contribution in [0.5, 0.6) is 5.75 Å². The van der Waals surface area contributed by atoms with Gasteiger partial charge in [-0.1, -0.05) is 29.4 Å². The number of thioether (sulfide) groups is 1. The number of methoxy groups -OCH3 is 1. The van der Waals surface area contributed by atoms with Crippen molar-refractivity contribution < 1.29 is 9.53 Å². The molecule has 2 aromatic heterocycles. The van der Waals surface area contributed by atoms with Gasteiger partial charge in [-0.05, 0) is 31.2 Å². The van der Waals surface area contributed by atoms with Gasteiger partial charge in [0.05, 0.1) is 13.3 Å². The number of ether oxygens (including phenoxy) is 1. The molecule has 0 saturated carbocycles. The van der Waals surface area contributed by atoms with Gasteiger partial charge in [0.1, 0.15) is 6.54 Å². The van der Waals surface area contributed by atoms with E-state index >= 15 is 0 Å². The summed E-state index contributed by atoms with van der Waals surface area (Å²) in [6.07, 6.45) is 3.22. The predicted molar refractivity (Wildman–Crippen MR) is 114 cm³/mol. The minimum atomic E-state index is -0.254. The third-order valence-electron chi connectivity index (χ3n) is 3.95. The van der Waals surface area contributed by atoms with Gasteiger partial charge in [-0.2, -0.15) is 0 Å². The van der Waals surface area contributed by atoms with E-state index in [1.807, 2.05) is 13.0 Å². The second-order valence-corrected chi connectivity index (χ2v) is 7.53. The molecule has 0 unspecified atom stereocenters. The predicted octanol–water partition coefficient (Wildman–Crippen LogP) is 3.54. The molecule has 29 heavy (non-hydrogen) atoms. The minimum Gasteiger partial charge on any atom is -0.491 e. The first-order valence-electron chi connectivity index (χ1n) is 8.70. The summed E-state index contributed by atoms with van der Waals surface area (Å²) in [6, 6.07) is 10.2. The molecule has 9 heteroatoms. The van der Waals surface area contributed by atoms with Gasteiger partial charge in [-0.3, -0.25) is 9.59 Å². The molecule has 1 N–H and O–H groups in total. The summed E-state index contributed by atoms with van der Waals surface area (Å²) < 4.78 is 6.80. The number of carbonyl (C=O) groups excluding carboxylic acids is 1. The van der Waals surface area contributed by atoms with Gasteiger partial charge < -0.3 is 14.6 Å². The maximum atomic E-state index is 12.5. The Morgan fingerprint density at radius 3 is 2.86 bits per heavy atom. The van der Waals surface area contributed by atoms with Crippen molar-refractivity contribution >= 4 is 35.0 Å². The molecule has 0 radical (unpaired) electrons. The highest BCUT2D eigenvalue weighted by atomic mass is 35.5. The van der Waals surface area contributed by atoms with Crippen LogP contribution in [0.2, 0.25) is 5.02 Å². The van der Waals surface area contributed by atoms with Crippen LogP contribution in [0.1, 0.15) is 11.4 Å². The van der Waals surface area contributed by atoms with Gasteiger partial charge in [-0.15, -0.1) is 0 Å². The molecule has 1 amide bonds. The van der Waals surface area contributed by atoms with Gasteiger partial charge in [0.15, 0.2) is 10.9 Å². The Kier molecular flexibility index (Phi) is 6.90. The summed E-state index contributed by atoms with van der Waals surface area (Å²) in [6.45, 7) is 1.89. The number of nitrogens with one attached hydrogen (secondary N) is 1. The topological polar surface area (TPSA) is 86.1 Å². The number of halogens is 1. The number of amides is 1. The van der Waals surface area contributed by atoms with Crippen molar-refractivity contribution in [1.82, 2.24) is 14.5 Å². The third kappa shape index (κ3) is 5.82. The van der Waals surface area contributed by atoms with Crippen LogP contribution in [0.3, 0.4) is 0 Å². The lowest BCUT2D eigenvalue weighted by atomic mass is 10.3. The Balaban J connectivity index is 1.80. The van der Waals surface area contributed by atoms with E-state index in [0.717, 1.165) is 5.69 Å². The molecule has 0 atom stereocenters. The molecule has 0 aliphatic heterocycles. The lowest BCUT2D eigenvalue weighted by Gasteiger charge is -2.15. The van der Waals surface area contributed by atoms with E-state index in [2.05, 4.69) is 15.3 Å². The van der Waals surface area contributed by atoms with E-state index in [1.54, 1.807) is 35.0 Å². The second kappa shape index (κ2) is 9.58. The average Bonchev–Trinajstić information content (AvgIpc) is 2.68. The molecule has 0 saturated heterocycles. The van der Waals surface area contributed by atoms with Crippen molar-refractivity contribution in [3.8, 4) is 5.75 Å². The molecule has 1 aromatic carbocycles. The highest BCUT2D eigenvalue weighted by molar-refractivity contribution is 7.98. The monoisotopic (exact) mass is 430 g/mol. The maximum absolute atomic E-state index is 12.5. The number of pyridine rings is 1. The van der Waals surface area contributed by atoms with Crippen LogP contribution in [-0.4, -0.2) is 27.6 Å². The van der Waals surface area contributed by atoms with Crippen molar-refractivity contribution in [2.75, 3.05) is 12.4 Å². The molecular formula is C20H19ClN4O3S. The highest BCUT2D eigenvalue weighted by Gasteiger charge is 2.12. The molecule has 0 aliphatic rings. The van der Waals surface area contributed by atoms with Gasteiger partial charge in [-0.25, -0.2) is 9.97 Å². The average molecular weight is 431 g/mol. The van der Waals surface area contributed by atoms with Crippen LogP contribution < -0.4 is 15.5 Å². The molecule has 0 fully saturated rings. The van der Waals surface area contributed by atoms with E-state index in [4.69, 9.17) is 16.3 Å². The Morgan fingerprint density at radius 1 is 1.31 bits per heavy atom. The number of carbonyl (C=O) groups is 1. The first-order chi connectivity index (χ1) is 13.9. The summed E-state index contributed by atoms with van der Waals surface area (Å²) in [7, 11) is 1.42. The van der Waals surface area contributed by atoms with Gasteiger partial charge in [0.25, 0.3) is 0 Å². The Hall–Kier alpha value is -2.84. The number of hydrogen-bond donors (Lipinski definition) is 1. The number of aryl methyl sites for hydroxylation is 1. The molecule has 2 heterocycles. The number of rotatable bonds is 7. The Labute approximate surface area is 177 Å². The number of aromatic nitrogens is 3. The summed E-state index contributed by atoms with van der Waals surface area (Å²) >= 11 is 7.34. The van der Waals surface area contributed by atoms with Crippen molar-refractivity contribution in [2.24, 2.45) is 0 Å². The summed E-state index contributed by atoms with van der Waals surface area (Å²) in [5.41, 5.74) is 1.86. The van der Waals surface area contributed by atoms with E-state index in [0.29, 0.717) is 27.3 Å².